The molecule has 0 aliphatic heterocycles. The van der Waals surface area contributed by atoms with Crippen LogP contribution in [0.5, 0.6) is 0 Å². The number of nitrogens with one attached hydrogen (secondary N) is 1. The second kappa shape index (κ2) is 7.65. The number of rotatable bonds is 6. The maximum absolute atomic E-state index is 13.8. The molecule has 3 rings (SSSR count). The normalized spacial score (nSPS) is 12.4. The molecule has 9 heteroatoms. The zero-order valence-corrected chi connectivity index (χ0v) is 15.2. The zero-order chi connectivity index (χ0) is 19.6. The summed E-state index contributed by atoms with van der Waals surface area (Å²) in [5.41, 5.74) is -0.0750. The Labute approximate surface area is 155 Å². The first kappa shape index (κ1) is 18.7. The van der Waals surface area contributed by atoms with Gasteiger partial charge in [-0.1, -0.05) is 25.1 Å². The molecule has 0 radical (unpaired) electrons. The molecule has 2 heterocycles. The summed E-state index contributed by atoms with van der Waals surface area (Å²) in [5.74, 6) is -0.967. The molecule has 0 aliphatic carbocycles. The van der Waals surface area contributed by atoms with Gasteiger partial charge in [-0.3, -0.25) is 4.79 Å². The number of halogens is 2. The van der Waals surface area contributed by atoms with E-state index in [1.807, 2.05) is 25.5 Å². The topological polar surface area (TPSA) is 77.6 Å². The van der Waals surface area contributed by atoms with Crippen molar-refractivity contribution in [3.05, 3.63) is 65.5 Å². The average molecular weight is 374 g/mol. The number of amides is 1. The molecule has 0 aliphatic rings. The number of carbonyl (C=O) groups is 1. The predicted molar refractivity (Wildman–Crippen MR) is 93.7 cm³/mol. The maximum Gasteiger partial charge on any atom is 0.274 e. The first-order valence-electron chi connectivity index (χ1n) is 8.48. The van der Waals surface area contributed by atoms with Crippen LogP contribution in [0.25, 0.3) is 0 Å². The molecule has 0 spiro atoms. The minimum absolute atomic E-state index is 0.0617. The van der Waals surface area contributed by atoms with Crippen molar-refractivity contribution in [3.8, 4) is 0 Å². The number of aromatic nitrogens is 5. The van der Waals surface area contributed by atoms with E-state index in [0.29, 0.717) is 0 Å². The summed E-state index contributed by atoms with van der Waals surface area (Å²) >= 11 is 0. The molecule has 3 aromatic rings. The van der Waals surface area contributed by atoms with Gasteiger partial charge in [0.15, 0.2) is 5.69 Å². The van der Waals surface area contributed by atoms with Gasteiger partial charge in [0.25, 0.3) is 5.91 Å². The fourth-order valence-electron chi connectivity index (χ4n) is 2.75. The molecule has 1 amide bonds. The van der Waals surface area contributed by atoms with Crippen LogP contribution in [0, 0.1) is 17.6 Å². The van der Waals surface area contributed by atoms with Crippen molar-refractivity contribution < 1.29 is 13.6 Å². The number of imidazole rings is 1. The summed E-state index contributed by atoms with van der Waals surface area (Å²) in [5, 5.41) is 10.5. The van der Waals surface area contributed by atoms with Crippen molar-refractivity contribution >= 4 is 5.91 Å². The van der Waals surface area contributed by atoms with Crippen molar-refractivity contribution in [3.63, 3.8) is 0 Å². The number of benzene rings is 1. The standard InChI is InChI=1S/C18H20F2N6O/c1-11(2)16(17-21-7-8-25(17)3)22-18(27)15-10-26(24-23-15)9-12-13(19)5-4-6-14(12)20/h4-8,10-11,16H,9H2,1-3H3,(H,22,27). The van der Waals surface area contributed by atoms with Crippen molar-refractivity contribution in [1.82, 2.24) is 29.9 Å². The smallest absolute Gasteiger partial charge is 0.274 e. The number of nitrogens with zero attached hydrogens (tertiary/aromatic N) is 5. The van der Waals surface area contributed by atoms with Crippen molar-refractivity contribution in [1.29, 1.82) is 0 Å². The summed E-state index contributed by atoms with van der Waals surface area (Å²) < 4.78 is 30.6. The lowest BCUT2D eigenvalue weighted by Gasteiger charge is -2.21. The molecular weight excluding hydrogens is 354 g/mol. The lowest BCUT2D eigenvalue weighted by molar-refractivity contribution is 0.0917. The quantitative estimate of drug-likeness (QED) is 0.719. The van der Waals surface area contributed by atoms with E-state index < -0.39 is 17.5 Å². The molecule has 7 nitrogen and oxygen atoms in total. The van der Waals surface area contributed by atoms with E-state index in [1.165, 1.54) is 29.1 Å². The largest absolute Gasteiger partial charge is 0.340 e. The highest BCUT2D eigenvalue weighted by molar-refractivity contribution is 5.92. The first-order chi connectivity index (χ1) is 12.9. The zero-order valence-electron chi connectivity index (χ0n) is 15.2. The van der Waals surface area contributed by atoms with Gasteiger partial charge in [-0.15, -0.1) is 5.10 Å². The van der Waals surface area contributed by atoms with Gasteiger partial charge in [-0.05, 0) is 18.1 Å². The van der Waals surface area contributed by atoms with Crippen LogP contribution in [0.4, 0.5) is 8.78 Å². The van der Waals surface area contributed by atoms with Crippen LogP contribution in [-0.4, -0.2) is 30.5 Å². The number of hydrogen-bond donors (Lipinski definition) is 1. The Morgan fingerprint density at radius 2 is 1.96 bits per heavy atom. The third-order valence-corrected chi connectivity index (χ3v) is 4.24. The van der Waals surface area contributed by atoms with E-state index in [4.69, 9.17) is 0 Å². The number of carbonyl (C=O) groups excluding carboxylic acids is 1. The van der Waals surface area contributed by atoms with E-state index in [-0.39, 0.29) is 29.8 Å². The molecule has 1 unspecified atom stereocenters. The van der Waals surface area contributed by atoms with Crippen LogP contribution in [0.1, 0.15) is 41.8 Å². The van der Waals surface area contributed by atoms with Crippen LogP contribution in [-0.2, 0) is 13.6 Å². The van der Waals surface area contributed by atoms with Crippen LogP contribution in [0.3, 0.4) is 0 Å². The number of hydrogen-bond acceptors (Lipinski definition) is 4. The average Bonchev–Trinajstić information content (AvgIpc) is 3.25. The van der Waals surface area contributed by atoms with Crippen LogP contribution >= 0.6 is 0 Å². The van der Waals surface area contributed by atoms with Crippen LogP contribution < -0.4 is 5.32 Å². The molecule has 2 aromatic heterocycles. The fraction of sp³-hybridized carbons (Fsp3) is 0.333. The SMILES string of the molecule is CC(C)C(NC(=O)c1cn(Cc2c(F)cccc2F)nn1)c1nccn1C. The van der Waals surface area contributed by atoms with Crippen LogP contribution in [0.15, 0.2) is 36.8 Å². The van der Waals surface area contributed by atoms with Gasteiger partial charge in [0.1, 0.15) is 17.5 Å². The van der Waals surface area contributed by atoms with Crippen molar-refractivity contribution in [2.45, 2.75) is 26.4 Å². The maximum atomic E-state index is 13.8. The Hall–Kier alpha value is -3.10. The highest BCUT2D eigenvalue weighted by Crippen LogP contribution is 2.20. The Morgan fingerprint density at radius 3 is 2.56 bits per heavy atom. The third kappa shape index (κ3) is 4.02. The molecule has 0 saturated carbocycles. The lowest BCUT2D eigenvalue weighted by atomic mass is 10.0. The van der Waals surface area contributed by atoms with Gasteiger partial charge in [0, 0.05) is 25.0 Å². The summed E-state index contributed by atoms with van der Waals surface area (Å²) in [4.78, 5) is 16.8. The predicted octanol–water partition coefficient (Wildman–Crippen LogP) is 2.47. The van der Waals surface area contributed by atoms with E-state index in [0.717, 1.165) is 5.82 Å². The molecule has 0 saturated heterocycles. The second-order valence-electron chi connectivity index (χ2n) is 6.59. The van der Waals surface area contributed by atoms with Crippen molar-refractivity contribution in [2.24, 2.45) is 13.0 Å². The fourth-order valence-corrected chi connectivity index (χ4v) is 2.75. The highest BCUT2D eigenvalue weighted by atomic mass is 19.1. The van der Waals surface area contributed by atoms with E-state index in [9.17, 15) is 13.6 Å². The Morgan fingerprint density at radius 1 is 1.26 bits per heavy atom. The molecule has 0 fully saturated rings. The van der Waals surface area contributed by atoms with Gasteiger partial charge < -0.3 is 9.88 Å². The van der Waals surface area contributed by atoms with Crippen LogP contribution in [0.2, 0.25) is 0 Å². The van der Waals surface area contributed by atoms with Gasteiger partial charge >= 0.3 is 0 Å². The molecule has 1 atom stereocenters. The Kier molecular flexibility index (Phi) is 5.29. The van der Waals surface area contributed by atoms with E-state index in [2.05, 4.69) is 20.6 Å². The first-order valence-corrected chi connectivity index (χ1v) is 8.48. The van der Waals surface area contributed by atoms with Gasteiger partial charge in [-0.2, -0.15) is 0 Å². The molecule has 27 heavy (non-hydrogen) atoms. The molecule has 142 valence electrons. The Bertz CT molecular complexity index is 929. The molecule has 0 bridgehead atoms. The summed E-state index contributed by atoms with van der Waals surface area (Å²) in [6.45, 7) is 3.78. The Balaban J connectivity index is 1.75. The van der Waals surface area contributed by atoms with Gasteiger partial charge in [0.2, 0.25) is 0 Å². The van der Waals surface area contributed by atoms with E-state index in [1.54, 1.807) is 12.4 Å². The summed E-state index contributed by atoms with van der Waals surface area (Å²) in [7, 11) is 1.85. The molecular formula is C18H20F2N6O. The highest BCUT2D eigenvalue weighted by Gasteiger charge is 2.24. The lowest BCUT2D eigenvalue weighted by Crippen LogP contribution is -2.33. The summed E-state index contributed by atoms with van der Waals surface area (Å²) in [6.07, 6.45) is 4.82. The molecule has 1 N–H and O–H groups in total. The minimum Gasteiger partial charge on any atom is -0.340 e. The van der Waals surface area contributed by atoms with Gasteiger partial charge in [0.05, 0.1) is 18.8 Å². The molecule has 1 aromatic carbocycles. The van der Waals surface area contributed by atoms with Crippen molar-refractivity contribution in [2.75, 3.05) is 0 Å². The number of aryl methyl sites for hydroxylation is 1. The monoisotopic (exact) mass is 374 g/mol. The van der Waals surface area contributed by atoms with E-state index >= 15 is 0 Å². The summed E-state index contributed by atoms with van der Waals surface area (Å²) in [6, 6.07) is 3.32. The third-order valence-electron chi connectivity index (χ3n) is 4.24. The minimum atomic E-state index is -0.675. The second-order valence-corrected chi connectivity index (χ2v) is 6.59. The van der Waals surface area contributed by atoms with Gasteiger partial charge in [-0.25, -0.2) is 18.4 Å².